The first-order valence-electron chi connectivity index (χ1n) is 7.51. The Balaban J connectivity index is 2.13. The number of amides is 1. The van der Waals surface area contributed by atoms with E-state index in [1.54, 1.807) is 17.0 Å². The van der Waals surface area contributed by atoms with E-state index in [1.165, 1.54) is 11.1 Å². The Bertz CT molecular complexity index is 628. The van der Waals surface area contributed by atoms with Gasteiger partial charge in [-0.05, 0) is 63.1 Å². The lowest BCUT2D eigenvalue weighted by molar-refractivity contribution is 0.0766. The highest BCUT2D eigenvalue weighted by atomic mass is 16.2. The highest BCUT2D eigenvalue weighted by Crippen LogP contribution is 2.18. The third-order valence-corrected chi connectivity index (χ3v) is 3.43. The van der Waals surface area contributed by atoms with Gasteiger partial charge in [0.15, 0.2) is 11.5 Å². The topological polar surface area (TPSA) is 58.1 Å². The zero-order valence-electron chi connectivity index (χ0n) is 13.6. The van der Waals surface area contributed by atoms with Gasteiger partial charge in [-0.3, -0.25) is 4.79 Å². The van der Waals surface area contributed by atoms with Gasteiger partial charge in [0.05, 0.1) is 0 Å². The lowest BCUT2D eigenvalue weighted by atomic mass is 10.1. The average molecular weight is 298 g/mol. The maximum atomic E-state index is 12.2. The van der Waals surface area contributed by atoms with Crippen molar-refractivity contribution in [3.63, 3.8) is 0 Å². The highest BCUT2D eigenvalue weighted by Gasteiger charge is 2.14. The molecule has 5 heteroatoms. The van der Waals surface area contributed by atoms with Gasteiger partial charge in [-0.15, -0.1) is 10.2 Å². The summed E-state index contributed by atoms with van der Waals surface area (Å²) in [7, 11) is 0. The van der Waals surface area contributed by atoms with Crippen LogP contribution in [0.2, 0.25) is 0 Å². The van der Waals surface area contributed by atoms with Gasteiger partial charge in [0.1, 0.15) is 0 Å². The molecule has 1 N–H and O–H groups in total. The van der Waals surface area contributed by atoms with Gasteiger partial charge < -0.3 is 10.2 Å². The van der Waals surface area contributed by atoms with Crippen LogP contribution in [-0.2, 0) is 0 Å². The number of benzene rings is 1. The van der Waals surface area contributed by atoms with Crippen LogP contribution in [0.15, 0.2) is 30.3 Å². The van der Waals surface area contributed by atoms with E-state index in [0.29, 0.717) is 24.6 Å². The molecule has 2 aromatic rings. The number of hydrogen-bond donors (Lipinski definition) is 1. The second-order valence-electron chi connectivity index (χ2n) is 5.28. The summed E-state index contributed by atoms with van der Waals surface area (Å²) in [6, 6.07) is 9.69. The molecule has 1 aromatic heterocycles. The molecule has 116 valence electrons. The van der Waals surface area contributed by atoms with Crippen LogP contribution in [0, 0.1) is 13.8 Å². The van der Waals surface area contributed by atoms with Crippen LogP contribution < -0.4 is 5.32 Å². The molecule has 1 amide bonds. The van der Waals surface area contributed by atoms with Gasteiger partial charge in [-0.25, -0.2) is 0 Å². The first kappa shape index (κ1) is 15.9. The largest absolute Gasteiger partial charge is 0.339 e. The Kier molecular flexibility index (Phi) is 5.09. The van der Waals surface area contributed by atoms with Gasteiger partial charge in [-0.1, -0.05) is 6.07 Å². The summed E-state index contributed by atoms with van der Waals surface area (Å²) >= 11 is 0. The Hall–Kier alpha value is -2.43. The van der Waals surface area contributed by atoms with Crippen LogP contribution in [0.1, 0.15) is 35.5 Å². The second-order valence-corrected chi connectivity index (χ2v) is 5.28. The van der Waals surface area contributed by atoms with Gasteiger partial charge in [-0.2, -0.15) is 0 Å². The smallest absolute Gasteiger partial charge is 0.274 e. The number of aromatic nitrogens is 2. The molecule has 0 bridgehead atoms. The van der Waals surface area contributed by atoms with Crippen molar-refractivity contribution in [2.45, 2.75) is 27.7 Å². The summed E-state index contributed by atoms with van der Waals surface area (Å²) in [6.45, 7) is 9.33. The Morgan fingerprint density at radius 1 is 1.05 bits per heavy atom. The molecule has 1 heterocycles. The van der Waals surface area contributed by atoms with Crippen LogP contribution in [0.3, 0.4) is 0 Å². The van der Waals surface area contributed by atoms with E-state index >= 15 is 0 Å². The van der Waals surface area contributed by atoms with Crippen molar-refractivity contribution in [3.05, 3.63) is 47.2 Å². The fourth-order valence-corrected chi connectivity index (χ4v) is 2.38. The predicted octanol–water partition coefficient (Wildman–Crippen LogP) is 3.32. The quantitative estimate of drug-likeness (QED) is 0.920. The van der Waals surface area contributed by atoms with Crippen molar-refractivity contribution < 1.29 is 4.79 Å². The first-order chi connectivity index (χ1) is 10.5. The molecule has 0 unspecified atom stereocenters. The van der Waals surface area contributed by atoms with E-state index in [2.05, 4.69) is 35.4 Å². The first-order valence-corrected chi connectivity index (χ1v) is 7.51. The van der Waals surface area contributed by atoms with Gasteiger partial charge in [0.2, 0.25) is 0 Å². The van der Waals surface area contributed by atoms with E-state index in [9.17, 15) is 4.79 Å². The van der Waals surface area contributed by atoms with Crippen LogP contribution in [0.4, 0.5) is 11.5 Å². The van der Waals surface area contributed by atoms with Crippen molar-refractivity contribution in [2.24, 2.45) is 0 Å². The molecule has 0 atom stereocenters. The third kappa shape index (κ3) is 3.81. The molecular weight excluding hydrogens is 276 g/mol. The van der Waals surface area contributed by atoms with Crippen LogP contribution in [0.5, 0.6) is 0 Å². The molecule has 0 saturated heterocycles. The number of hydrogen-bond acceptors (Lipinski definition) is 4. The Morgan fingerprint density at radius 2 is 1.68 bits per heavy atom. The zero-order valence-corrected chi connectivity index (χ0v) is 13.6. The maximum Gasteiger partial charge on any atom is 0.274 e. The molecule has 0 fully saturated rings. The number of rotatable bonds is 5. The molecule has 0 radical (unpaired) electrons. The lowest BCUT2D eigenvalue weighted by Gasteiger charge is -2.17. The fourth-order valence-electron chi connectivity index (χ4n) is 2.38. The highest BCUT2D eigenvalue weighted by molar-refractivity contribution is 5.92. The van der Waals surface area contributed by atoms with Crippen molar-refractivity contribution in [1.82, 2.24) is 15.1 Å². The van der Waals surface area contributed by atoms with Crippen molar-refractivity contribution in [3.8, 4) is 0 Å². The molecule has 5 nitrogen and oxygen atoms in total. The number of nitrogens with one attached hydrogen (secondary N) is 1. The monoisotopic (exact) mass is 298 g/mol. The molecule has 0 spiro atoms. The molecule has 1 aromatic carbocycles. The van der Waals surface area contributed by atoms with Crippen LogP contribution in [-0.4, -0.2) is 34.1 Å². The van der Waals surface area contributed by atoms with E-state index in [-0.39, 0.29) is 5.91 Å². The summed E-state index contributed by atoms with van der Waals surface area (Å²) in [4.78, 5) is 13.9. The van der Waals surface area contributed by atoms with E-state index in [4.69, 9.17) is 0 Å². The van der Waals surface area contributed by atoms with Crippen LogP contribution >= 0.6 is 0 Å². The maximum absolute atomic E-state index is 12.2. The number of anilines is 2. The number of carbonyl (C=O) groups is 1. The van der Waals surface area contributed by atoms with E-state index in [1.807, 2.05) is 26.0 Å². The van der Waals surface area contributed by atoms with Crippen molar-refractivity contribution in [2.75, 3.05) is 18.4 Å². The van der Waals surface area contributed by atoms with Gasteiger partial charge in [0.25, 0.3) is 5.91 Å². The summed E-state index contributed by atoms with van der Waals surface area (Å²) in [6.07, 6.45) is 0. The summed E-state index contributed by atoms with van der Waals surface area (Å²) in [5.41, 5.74) is 3.71. The second kappa shape index (κ2) is 7.02. The van der Waals surface area contributed by atoms with Gasteiger partial charge in [0, 0.05) is 18.8 Å². The van der Waals surface area contributed by atoms with Gasteiger partial charge >= 0.3 is 0 Å². The summed E-state index contributed by atoms with van der Waals surface area (Å²) in [5, 5.41) is 11.3. The minimum absolute atomic E-state index is 0.0875. The third-order valence-electron chi connectivity index (χ3n) is 3.43. The minimum atomic E-state index is -0.0875. The average Bonchev–Trinajstić information content (AvgIpc) is 2.48. The molecule has 0 aliphatic carbocycles. The standard InChI is InChI=1S/C17H22N4O/c1-5-21(6-2)17(22)15-7-8-16(20-19-15)18-14-10-12(3)9-13(4)11-14/h7-11H,5-6H2,1-4H3,(H,18,20). The lowest BCUT2D eigenvalue weighted by Crippen LogP contribution is -2.31. The molecule has 0 aliphatic rings. The number of carbonyl (C=O) groups excluding carboxylic acids is 1. The Morgan fingerprint density at radius 3 is 2.18 bits per heavy atom. The summed E-state index contributed by atoms with van der Waals surface area (Å²) < 4.78 is 0. The normalized spacial score (nSPS) is 10.4. The van der Waals surface area contributed by atoms with E-state index in [0.717, 1.165) is 5.69 Å². The van der Waals surface area contributed by atoms with Crippen molar-refractivity contribution >= 4 is 17.4 Å². The number of nitrogens with zero attached hydrogens (tertiary/aromatic N) is 3. The molecule has 0 aliphatic heterocycles. The molecule has 22 heavy (non-hydrogen) atoms. The summed E-state index contributed by atoms with van der Waals surface area (Å²) in [5.74, 6) is 0.538. The van der Waals surface area contributed by atoms with Crippen molar-refractivity contribution in [1.29, 1.82) is 0 Å². The zero-order chi connectivity index (χ0) is 16.1. The SMILES string of the molecule is CCN(CC)C(=O)c1ccc(Nc2cc(C)cc(C)c2)nn1. The molecule has 2 rings (SSSR count). The predicted molar refractivity (Wildman–Crippen MR) is 88.5 cm³/mol. The Labute approximate surface area is 131 Å². The molecule has 0 saturated carbocycles. The van der Waals surface area contributed by atoms with E-state index < -0.39 is 0 Å². The fraction of sp³-hybridized carbons (Fsp3) is 0.353. The van der Waals surface area contributed by atoms with Crippen LogP contribution in [0.25, 0.3) is 0 Å². The minimum Gasteiger partial charge on any atom is -0.339 e. The molecular formula is C17H22N4O. The number of aryl methyl sites for hydroxylation is 2.